The predicted molar refractivity (Wildman–Crippen MR) is 83.4 cm³/mol. The van der Waals surface area contributed by atoms with Crippen molar-refractivity contribution in [1.82, 2.24) is 10.2 Å². The van der Waals surface area contributed by atoms with Gasteiger partial charge >= 0.3 is 17.8 Å². The van der Waals surface area contributed by atoms with Crippen LogP contribution in [-0.4, -0.2) is 55.2 Å². The van der Waals surface area contributed by atoms with E-state index in [2.05, 4.69) is 15.5 Å². The predicted octanol–water partition coefficient (Wildman–Crippen LogP) is 1.84. The number of carbonyl (C=O) groups excluding carboxylic acids is 2. The number of carbonyl (C=O) groups is 2. The van der Waals surface area contributed by atoms with Crippen LogP contribution in [0.15, 0.2) is 34.5 Å². The molecule has 1 N–H and O–H groups in total. The first kappa shape index (κ1) is 18.3. The number of hydrogen-bond donors (Lipinski definition) is 1. The Morgan fingerprint density at radius 3 is 2.73 bits per heavy atom. The van der Waals surface area contributed by atoms with Gasteiger partial charge in [-0.2, -0.15) is 13.2 Å². The fourth-order valence-corrected chi connectivity index (χ4v) is 2.87. The Kier molecular flexibility index (Phi) is 4.70. The van der Waals surface area contributed by atoms with Gasteiger partial charge in [-0.1, -0.05) is 12.1 Å². The molecule has 10 heteroatoms. The molecule has 2 aliphatic heterocycles. The average Bonchev–Trinajstić information content (AvgIpc) is 3.43. The van der Waals surface area contributed by atoms with Crippen LogP contribution < -0.4 is 5.32 Å². The van der Waals surface area contributed by atoms with E-state index in [4.69, 9.17) is 4.74 Å². The second kappa shape index (κ2) is 6.67. The molecule has 0 saturated carbocycles. The minimum absolute atomic E-state index is 0.0413. The van der Waals surface area contributed by atoms with Crippen LogP contribution in [0.4, 0.5) is 13.2 Å². The van der Waals surface area contributed by atoms with Gasteiger partial charge in [-0.25, -0.2) is 4.79 Å². The number of piperazine rings is 1. The van der Waals surface area contributed by atoms with Gasteiger partial charge in [0.15, 0.2) is 0 Å². The first-order chi connectivity index (χ1) is 12.3. The van der Waals surface area contributed by atoms with E-state index in [1.54, 1.807) is 6.92 Å². The normalized spacial score (nSPS) is 21.4. The summed E-state index contributed by atoms with van der Waals surface area (Å²) in [4.78, 5) is 26.2. The van der Waals surface area contributed by atoms with Crippen LogP contribution in [0.1, 0.15) is 22.8 Å². The van der Waals surface area contributed by atoms with Gasteiger partial charge in [0.2, 0.25) is 0 Å². The van der Waals surface area contributed by atoms with E-state index in [1.165, 1.54) is 23.1 Å². The van der Waals surface area contributed by atoms with E-state index in [0.29, 0.717) is 6.54 Å². The molecular weight excluding hydrogens is 353 g/mol. The van der Waals surface area contributed by atoms with Crippen LogP contribution in [0.3, 0.4) is 0 Å². The lowest BCUT2D eigenvalue weighted by Gasteiger charge is -2.34. The maximum Gasteiger partial charge on any atom is 0.442 e. The molecular formula is C16H17F3N4O3. The van der Waals surface area contributed by atoms with Crippen molar-refractivity contribution in [3.63, 3.8) is 0 Å². The number of rotatable bonds is 4. The van der Waals surface area contributed by atoms with Crippen molar-refractivity contribution in [3.05, 3.63) is 35.4 Å². The van der Waals surface area contributed by atoms with Crippen LogP contribution in [-0.2, 0) is 15.2 Å². The lowest BCUT2D eigenvalue weighted by molar-refractivity contribution is -0.166. The molecule has 1 atom stereocenters. The van der Waals surface area contributed by atoms with Crippen LogP contribution in [0.25, 0.3) is 0 Å². The minimum atomic E-state index is -4.67. The number of benzene rings is 1. The molecule has 1 unspecified atom stereocenters. The second-order valence-electron chi connectivity index (χ2n) is 5.92. The number of amides is 1. The van der Waals surface area contributed by atoms with Crippen molar-refractivity contribution >= 4 is 11.9 Å². The minimum Gasteiger partial charge on any atom is -0.464 e. The topological polar surface area (TPSA) is 83.4 Å². The van der Waals surface area contributed by atoms with Crippen LogP contribution in [0.5, 0.6) is 0 Å². The van der Waals surface area contributed by atoms with Gasteiger partial charge in [0.05, 0.1) is 6.61 Å². The van der Waals surface area contributed by atoms with Gasteiger partial charge in [-0.15, -0.1) is 10.2 Å². The monoisotopic (exact) mass is 370 g/mol. The van der Waals surface area contributed by atoms with Crippen molar-refractivity contribution in [1.29, 1.82) is 0 Å². The second-order valence-corrected chi connectivity index (χ2v) is 5.92. The molecule has 0 spiro atoms. The highest BCUT2D eigenvalue weighted by atomic mass is 19.4. The fourth-order valence-electron chi connectivity index (χ4n) is 2.87. The molecule has 1 fully saturated rings. The Morgan fingerprint density at radius 1 is 1.38 bits per heavy atom. The molecule has 1 saturated heterocycles. The van der Waals surface area contributed by atoms with Crippen LogP contribution in [0, 0.1) is 0 Å². The maximum absolute atomic E-state index is 13.2. The largest absolute Gasteiger partial charge is 0.464 e. The molecule has 2 aliphatic rings. The Hall–Kier alpha value is -2.49. The molecule has 140 valence electrons. The number of nitrogens with zero attached hydrogens (tertiary/aromatic N) is 3. The third kappa shape index (κ3) is 3.16. The molecule has 2 heterocycles. The zero-order chi connectivity index (χ0) is 18.9. The van der Waals surface area contributed by atoms with E-state index in [-0.39, 0.29) is 30.8 Å². The highest BCUT2D eigenvalue weighted by Crippen LogP contribution is 2.52. The zero-order valence-electron chi connectivity index (χ0n) is 13.9. The SMILES string of the molecule is CCOC(=O)C1CNCCN1C(=O)c1cccc(C2(C(F)(F)F)N=N2)c1. The van der Waals surface area contributed by atoms with Crippen molar-refractivity contribution in [2.75, 3.05) is 26.2 Å². The molecule has 1 amide bonds. The molecule has 0 bridgehead atoms. The first-order valence-electron chi connectivity index (χ1n) is 8.10. The summed E-state index contributed by atoms with van der Waals surface area (Å²) in [7, 11) is 0. The average molecular weight is 370 g/mol. The first-order valence-corrected chi connectivity index (χ1v) is 8.10. The summed E-state index contributed by atoms with van der Waals surface area (Å²) in [5.74, 6) is -1.09. The Labute approximate surface area is 147 Å². The quantitative estimate of drug-likeness (QED) is 0.820. The lowest BCUT2D eigenvalue weighted by atomic mass is 9.99. The van der Waals surface area contributed by atoms with E-state index < -0.39 is 29.8 Å². The Balaban J connectivity index is 1.86. The van der Waals surface area contributed by atoms with Gasteiger partial charge in [0, 0.05) is 30.8 Å². The van der Waals surface area contributed by atoms with Gasteiger partial charge in [0.25, 0.3) is 5.91 Å². The summed E-state index contributed by atoms with van der Waals surface area (Å²) in [5, 5.41) is 9.30. The summed E-state index contributed by atoms with van der Waals surface area (Å²) in [6, 6.07) is 4.28. The van der Waals surface area contributed by atoms with Gasteiger partial charge < -0.3 is 15.0 Å². The summed E-state index contributed by atoms with van der Waals surface area (Å²) in [5.41, 5.74) is -2.77. The fraction of sp³-hybridized carbons (Fsp3) is 0.500. The summed E-state index contributed by atoms with van der Waals surface area (Å²) < 4.78 is 44.5. The molecule has 26 heavy (non-hydrogen) atoms. The standard InChI is InChI=1S/C16H17F3N4O3/c1-2-26-14(25)12-9-20-6-7-23(12)13(24)10-4-3-5-11(8-10)15(21-22-15)16(17,18)19/h3-5,8,12,20H,2,6-7,9H2,1H3. The summed E-state index contributed by atoms with van der Waals surface area (Å²) in [6.45, 7) is 2.76. The van der Waals surface area contributed by atoms with E-state index in [1.807, 2.05) is 0 Å². The zero-order valence-corrected chi connectivity index (χ0v) is 13.9. The summed E-state index contributed by atoms with van der Waals surface area (Å²) in [6.07, 6.45) is -4.67. The van der Waals surface area contributed by atoms with E-state index in [9.17, 15) is 22.8 Å². The number of alkyl halides is 3. The number of halogens is 3. The Morgan fingerprint density at radius 2 is 2.12 bits per heavy atom. The highest BCUT2D eigenvalue weighted by Gasteiger charge is 2.65. The lowest BCUT2D eigenvalue weighted by Crippen LogP contribution is -2.57. The summed E-state index contributed by atoms with van der Waals surface area (Å²) >= 11 is 0. The van der Waals surface area contributed by atoms with Crippen LogP contribution in [0.2, 0.25) is 0 Å². The van der Waals surface area contributed by atoms with Crippen molar-refractivity contribution in [3.8, 4) is 0 Å². The van der Waals surface area contributed by atoms with Gasteiger partial charge in [0.1, 0.15) is 6.04 Å². The Bertz CT molecular complexity index is 745. The number of nitrogens with one attached hydrogen (secondary N) is 1. The van der Waals surface area contributed by atoms with E-state index >= 15 is 0 Å². The van der Waals surface area contributed by atoms with Crippen molar-refractivity contribution in [2.45, 2.75) is 24.8 Å². The molecule has 1 aromatic carbocycles. The smallest absolute Gasteiger partial charge is 0.442 e. The molecule has 0 radical (unpaired) electrons. The van der Waals surface area contributed by atoms with E-state index in [0.717, 1.165) is 6.07 Å². The molecule has 3 rings (SSSR count). The molecule has 0 aliphatic carbocycles. The van der Waals surface area contributed by atoms with Gasteiger partial charge in [-0.3, -0.25) is 4.79 Å². The molecule has 7 nitrogen and oxygen atoms in total. The third-order valence-corrected chi connectivity index (χ3v) is 4.27. The van der Waals surface area contributed by atoms with Crippen molar-refractivity contribution in [2.24, 2.45) is 10.2 Å². The van der Waals surface area contributed by atoms with Crippen LogP contribution >= 0.6 is 0 Å². The number of ether oxygens (including phenoxy) is 1. The maximum atomic E-state index is 13.2. The number of hydrogen-bond acceptors (Lipinski definition) is 6. The third-order valence-electron chi connectivity index (χ3n) is 4.27. The molecule has 0 aromatic heterocycles. The van der Waals surface area contributed by atoms with Crippen molar-refractivity contribution < 1.29 is 27.5 Å². The van der Waals surface area contributed by atoms with Gasteiger partial charge in [-0.05, 0) is 19.1 Å². The number of esters is 1. The highest BCUT2D eigenvalue weighted by molar-refractivity contribution is 5.97. The molecule has 1 aromatic rings.